The van der Waals surface area contributed by atoms with Crippen molar-refractivity contribution in [2.24, 2.45) is 0 Å². The first-order valence-corrected chi connectivity index (χ1v) is 6.63. The summed E-state index contributed by atoms with van der Waals surface area (Å²) in [6.45, 7) is 0. The molecule has 0 N–H and O–H groups in total. The van der Waals surface area contributed by atoms with Gasteiger partial charge in [0.2, 0.25) is 10.7 Å². The summed E-state index contributed by atoms with van der Waals surface area (Å²) in [6, 6.07) is 9.01. The van der Waals surface area contributed by atoms with Gasteiger partial charge in [-0.2, -0.15) is 22.8 Å². The summed E-state index contributed by atoms with van der Waals surface area (Å²) in [6.07, 6.45) is -5.64. The molecule has 0 saturated carbocycles. The van der Waals surface area contributed by atoms with E-state index in [-0.39, 0.29) is 5.01 Å². The SMILES string of the molecule is O=C(Cc1nn2c(-c3ccccc3)nnc2s1)C(F)(F)F. The number of hydrogen-bond donors (Lipinski definition) is 0. The molecular formula is C12H7F3N4OS. The van der Waals surface area contributed by atoms with Crippen molar-refractivity contribution in [2.75, 3.05) is 0 Å². The standard InChI is InChI=1S/C12H7F3N4OS/c13-12(14,15)8(20)6-9-18-19-10(16-17-11(19)21-9)7-4-2-1-3-5-7/h1-5H,6H2. The molecule has 0 radical (unpaired) electrons. The summed E-state index contributed by atoms with van der Waals surface area (Å²) in [5.41, 5.74) is 0.740. The van der Waals surface area contributed by atoms with E-state index in [1.807, 2.05) is 6.07 Å². The Morgan fingerprint density at radius 1 is 1.19 bits per heavy atom. The zero-order valence-electron chi connectivity index (χ0n) is 10.3. The van der Waals surface area contributed by atoms with Crippen LogP contribution in [0.25, 0.3) is 16.3 Å². The Hall–Kier alpha value is -2.29. The number of hydrogen-bond acceptors (Lipinski definition) is 5. The highest BCUT2D eigenvalue weighted by Gasteiger charge is 2.38. The third kappa shape index (κ3) is 2.64. The molecule has 0 aliphatic heterocycles. The van der Waals surface area contributed by atoms with Crippen molar-refractivity contribution < 1.29 is 18.0 Å². The number of ketones is 1. The monoisotopic (exact) mass is 312 g/mol. The normalized spacial score (nSPS) is 12.0. The van der Waals surface area contributed by atoms with Crippen LogP contribution in [0.2, 0.25) is 0 Å². The number of nitrogens with zero attached hydrogens (tertiary/aromatic N) is 4. The average molecular weight is 312 g/mol. The predicted octanol–water partition coefficient (Wildman–Crippen LogP) is 2.53. The molecule has 3 aromatic rings. The second-order valence-electron chi connectivity index (χ2n) is 4.18. The fourth-order valence-corrected chi connectivity index (χ4v) is 2.56. The Morgan fingerprint density at radius 2 is 1.90 bits per heavy atom. The molecule has 108 valence electrons. The molecule has 21 heavy (non-hydrogen) atoms. The summed E-state index contributed by atoms with van der Waals surface area (Å²) in [4.78, 5) is 11.3. The smallest absolute Gasteiger partial charge is 0.289 e. The third-order valence-electron chi connectivity index (χ3n) is 2.69. The van der Waals surface area contributed by atoms with Crippen LogP contribution in [0, 0.1) is 0 Å². The summed E-state index contributed by atoms with van der Waals surface area (Å²) >= 11 is 0.915. The Bertz CT molecular complexity index is 794. The molecule has 2 aromatic heterocycles. The Labute approximate surface area is 120 Å². The maximum atomic E-state index is 12.3. The average Bonchev–Trinajstić information content (AvgIpc) is 2.98. The lowest BCUT2D eigenvalue weighted by atomic mass is 10.2. The van der Waals surface area contributed by atoms with Crippen LogP contribution < -0.4 is 0 Å². The number of fused-ring (bicyclic) bond motifs is 1. The van der Waals surface area contributed by atoms with Crippen molar-refractivity contribution in [3.8, 4) is 11.4 Å². The largest absolute Gasteiger partial charge is 0.450 e. The van der Waals surface area contributed by atoms with Gasteiger partial charge in [-0.3, -0.25) is 4.79 Å². The quantitative estimate of drug-likeness (QED) is 0.745. The molecule has 0 aliphatic carbocycles. The first-order valence-electron chi connectivity index (χ1n) is 5.82. The fourth-order valence-electron chi connectivity index (χ4n) is 1.73. The zero-order chi connectivity index (χ0) is 15.0. The van der Waals surface area contributed by atoms with Crippen LogP contribution in [0.1, 0.15) is 5.01 Å². The van der Waals surface area contributed by atoms with Crippen LogP contribution >= 0.6 is 11.3 Å². The third-order valence-corrected chi connectivity index (χ3v) is 3.59. The number of alkyl halides is 3. The Balaban J connectivity index is 1.95. The first-order chi connectivity index (χ1) is 9.95. The van der Waals surface area contributed by atoms with Gasteiger partial charge in [-0.05, 0) is 0 Å². The summed E-state index contributed by atoms with van der Waals surface area (Å²) in [7, 11) is 0. The molecule has 0 spiro atoms. The van der Waals surface area contributed by atoms with E-state index < -0.39 is 18.4 Å². The molecule has 0 fully saturated rings. The summed E-state index contributed by atoms with van der Waals surface area (Å²) in [5.74, 6) is -1.40. The van der Waals surface area contributed by atoms with Gasteiger partial charge in [0, 0.05) is 5.56 Å². The van der Waals surface area contributed by atoms with Gasteiger partial charge in [0.1, 0.15) is 5.01 Å². The second-order valence-corrected chi connectivity index (χ2v) is 5.22. The minimum absolute atomic E-state index is 0.0550. The maximum Gasteiger partial charge on any atom is 0.450 e. The van der Waals surface area contributed by atoms with Gasteiger partial charge >= 0.3 is 6.18 Å². The molecule has 5 nitrogen and oxygen atoms in total. The highest BCUT2D eigenvalue weighted by atomic mass is 32.1. The van der Waals surface area contributed by atoms with Crippen molar-refractivity contribution in [3.05, 3.63) is 35.3 Å². The Kier molecular flexibility index (Phi) is 3.20. The van der Waals surface area contributed by atoms with Gasteiger partial charge in [-0.1, -0.05) is 41.7 Å². The lowest BCUT2D eigenvalue weighted by molar-refractivity contribution is -0.170. The number of halogens is 3. The summed E-state index contributed by atoms with van der Waals surface area (Å²) < 4.78 is 38.1. The molecule has 1 aromatic carbocycles. The molecule has 3 rings (SSSR count). The second kappa shape index (κ2) is 4.92. The van der Waals surface area contributed by atoms with Gasteiger partial charge in [0.15, 0.2) is 5.82 Å². The van der Waals surface area contributed by atoms with Crippen molar-refractivity contribution in [2.45, 2.75) is 12.6 Å². The topological polar surface area (TPSA) is 60.2 Å². The lowest BCUT2D eigenvalue weighted by Crippen LogP contribution is -2.24. The molecule has 0 atom stereocenters. The number of carbonyl (C=O) groups is 1. The van der Waals surface area contributed by atoms with Crippen molar-refractivity contribution >= 4 is 22.1 Å². The lowest BCUT2D eigenvalue weighted by Gasteiger charge is -2.01. The van der Waals surface area contributed by atoms with Gasteiger partial charge < -0.3 is 0 Å². The molecule has 0 amide bonds. The van der Waals surface area contributed by atoms with Crippen LogP contribution in [-0.4, -0.2) is 31.8 Å². The number of rotatable bonds is 3. The van der Waals surface area contributed by atoms with Gasteiger partial charge in [-0.15, -0.1) is 10.2 Å². The fraction of sp³-hybridized carbons (Fsp3) is 0.167. The van der Waals surface area contributed by atoms with E-state index in [1.165, 1.54) is 4.52 Å². The highest BCUT2D eigenvalue weighted by molar-refractivity contribution is 7.16. The molecule has 2 heterocycles. The van der Waals surface area contributed by atoms with E-state index in [2.05, 4.69) is 15.3 Å². The molecule has 0 aliphatic rings. The summed E-state index contributed by atoms with van der Waals surface area (Å²) in [5, 5.41) is 11.9. The van der Waals surface area contributed by atoms with Crippen molar-refractivity contribution in [3.63, 3.8) is 0 Å². The molecular weight excluding hydrogens is 305 g/mol. The number of benzene rings is 1. The van der Waals surface area contributed by atoms with E-state index in [9.17, 15) is 18.0 Å². The molecule has 0 unspecified atom stereocenters. The van der Waals surface area contributed by atoms with Crippen LogP contribution in [0.15, 0.2) is 30.3 Å². The van der Waals surface area contributed by atoms with Crippen LogP contribution in [0.3, 0.4) is 0 Å². The van der Waals surface area contributed by atoms with E-state index in [1.54, 1.807) is 24.3 Å². The maximum absolute atomic E-state index is 12.3. The Morgan fingerprint density at radius 3 is 2.57 bits per heavy atom. The van der Waals surface area contributed by atoms with Crippen LogP contribution in [0.4, 0.5) is 13.2 Å². The van der Waals surface area contributed by atoms with Crippen molar-refractivity contribution in [1.29, 1.82) is 0 Å². The van der Waals surface area contributed by atoms with E-state index in [0.29, 0.717) is 10.8 Å². The predicted molar refractivity (Wildman–Crippen MR) is 68.9 cm³/mol. The highest BCUT2D eigenvalue weighted by Crippen LogP contribution is 2.24. The number of aromatic nitrogens is 4. The van der Waals surface area contributed by atoms with Gasteiger partial charge in [0.05, 0.1) is 6.42 Å². The van der Waals surface area contributed by atoms with E-state index >= 15 is 0 Å². The minimum Gasteiger partial charge on any atom is -0.289 e. The van der Waals surface area contributed by atoms with E-state index in [4.69, 9.17) is 0 Å². The zero-order valence-corrected chi connectivity index (χ0v) is 11.1. The van der Waals surface area contributed by atoms with Crippen LogP contribution in [0.5, 0.6) is 0 Å². The number of carbonyl (C=O) groups excluding carboxylic acids is 1. The van der Waals surface area contributed by atoms with Crippen molar-refractivity contribution in [1.82, 2.24) is 19.8 Å². The first kappa shape index (κ1) is 13.7. The molecule has 0 bridgehead atoms. The van der Waals surface area contributed by atoms with Gasteiger partial charge in [0.25, 0.3) is 0 Å². The van der Waals surface area contributed by atoms with E-state index in [0.717, 1.165) is 16.9 Å². The van der Waals surface area contributed by atoms with Gasteiger partial charge in [-0.25, -0.2) is 0 Å². The van der Waals surface area contributed by atoms with Crippen LogP contribution in [-0.2, 0) is 11.2 Å². The molecule has 9 heteroatoms. The number of Topliss-reactive ketones (excluding diaryl/α,β-unsaturated/α-hetero) is 1. The molecule has 0 saturated heterocycles. The minimum atomic E-state index is -4.85.